The van der Waals surface area contributed by atoms with E-state index in [-0.39, 0.29) is 31.8 Å². The molecule has 1 heterocycles. The molecule has 2 rings (SSSR count). The van der Waals surface area contributed by atoms with Crippen LogP contribution in [0.2, 0.25) is 0 Å². The van der Waals surface area contributed by atoms with Crippen molar-refractivity contribution in [3.05, 3.63) is 65.5 Å². The highest BCUT2D eigenvalue weighted by Gasteiger charge is 2.17. The van der Waals surface area contributed by atoms with Crippen LogP contribution in [0, 0.1) is 11.6 Å². The second-order valence-electron chi connectivity index (χ2n) is 5.71. The maximum atomic E-state index is 13.4. The van der Waals surface area contributed by atoms with Gasteiger partial charge in [-0.3, -0.25) is 14.6 Å². The van der Waals surface area contributed by atoms with E-state index in [0.29, 0.717) is 12.0 Å². The van der Waals surface area contributed by atoms with E-state index in [1.165, 1.54) is 18.1 Å². The molecule has 0 atom stereocenters. The van der Waals surface area contributed by atoms with Gasteiger partial charge in [0, 0.05) is 31.4 Å². The third-order valence-electron chi connectivity index (χ3n) is 3.84. The summed E-state index contributed by atoms with van der Waals surface area (Å²) in [7, 11) is 1.27. The molecular weight excluding hydrogens is 342 g/mol. The Morgan fingerprint density at radius 2 is 1.92 bits per heavy atom. The summed E-state index contributed by atoms with van der Waals surface area (Å²) in [6.07, 6.45) is 2.32. The van der Waals surface area contributed by atoms with Crippen LogP contribution < -0.4 is 0 Å². The van der Waals surface area contributed by atoms with E-state index in [1.54, 1.807) is 12.3 Å². The molecule has 0 unspecified atom stereocenters. The van der Waals surface area contributed by atoms with Gasteiger partial charge in [0.1, 0.15) is 0 Å². The summed E-state index contributed by atoms with van der Waals surface area (Å²) < 4.78 is 31.1. The Morgan fingerprint density at radius 3 is 2.58 bits per heavy atom. The average molecular weight is 362 g/mol. The van der Waals surface area contributed by atoms with Gasteiger partial charge in [0.2, 0.25) is 5.91 Å². The molecule has 0 aliphatic rings. The van der Waals surface area contributed by atoms with Crippen LogP contribution in [-0.4, -0.2) is 35.4 Å². The highest BCUT2D eigenvalue weighted by Crippen LogP contribution is 2.13. The Morgan fingerprint density at radius 1 is 1.12 bits per heavy atom. The third-order valence-corrected chi connectivity index (χ3v) is 3.84. The number of hydrogen-bond acceptors (Lipinski definition) is 4. The van der Waals surface area contributed by atoms with Crippen LogP contribution in [0.25, 0.3) is 0 Å². The number of pyridine rings is 1. The Balaban J connectivity index is 2.04. The molecule has 1 aromatic heterocycles. The first-order valence-corrected chi connectivity index (χ1v) is 8.18. The number of aromatic nitrogens is 1. The maximum absolute atomic E-state index is 13.4. The molecule has 0 saturated carbocycles. The van der Waals surface area contributed by atoms with Gasteiger partial charge in [-0.05, 0) is 36.2 Å². The summed E-state index contributed by atoms with van der Waals surface area (Å²) in [6.45, 7) is 0.210. The van der Waals surface area contributed by atoms with Crippen LogP contribution in [0.15, 0.2) is 42.6 Å². The number of carbonyl (C=O) groups is 2. The van der Waals surface area contributed by atoms with Gasteiger partial charge in [-0.1, -0.05) is 12.1 Å². The van der Waals surface area contributed by atoms with E-state index in [4.69, 9.17) is 0 Å². The lowest BCUT2D eigenvalue weighted by atomic mass is 10.1. The zero-order valence-corrected chi connectivity index (χ0v) is 14.5. The average Bonchev–Trinajstić information content (AvgIpc) is 2.66. The van der Waals surface area contributed by atoms with Crippen LogP contribution >= 0.6 is 0 Å². The van der Waals surface area contributed by atoms with Crippen molar-refractivity contribution < 1.29 is 23.1 Å². The molecule has 5 nitrogen and oxygen atoms in total. The number of aryl methyl sites for hydroxylation is 1. The second-order valence-corrected chi connectivity index (χ2v) is 5.71. The SMILES string of the molecule is COC(=O)CCN(Cc1ccc(F)c(F)c1)C(=O)CCc1ccccn1. The van der Waals surface area contributed by atoms with Gasteiger partial charge in [0.25, 0.3) is 0 Å². The fourth-order valence-corrected chi connectivity index (χ4v) is 2.42. The minimum absolute atomic E-state index is 0.0233. The van der Waals surface area contributed by atoms with Crippen LogP contribution in [-0.2, 0) is 27.3 Å². The molecule has 0 aliphatic carbocycles. The highest BCUT2D eigenvalue weighted by molar-refractivity contribution is 5.77. The lowest BCUT2D eigenvalue weighted by Gasteiger charge is -2.22. The van der Waals surface area contributed by atoms with Gasteiger partial charge in [-0.2, -0.15) is 0 Å². The molecular formula is C19H20F2N2O3. The molecule has 0 radical (unpaired) electrons. The Labute approximate surface area is 150 Å². The maximum Gasteiger partial charge on any atom is 0.307 e. The number of carbonyl (C=O) groups excluding carboxylic acids is 2. The van der Waals surface area contributed by atoms with Crippen molar-refractivity contribution in [3.8, 4) is 0 Å². The molecule has 1 amide bonds. The number of benzene rings is 1. The predicted octanol–water partition coefficient (Wildman–Crippen LogP) is 2.88. The number of halogens is 2. The van der Waals surface area contributed by atoms with Crippen molar-refractivity contribution in [1.82, 2.24) is 9.88 Å². The highest BCUT2D eigenvalue weighted by atomic mass is 19.2. The summed E-state index contributed by atoms with van der Waals surface area (Å²) in [5.41, 5.74) is 1.22. The Kier molecular flexibility index (Phi) is 7.20. The summed E-state index contributed by atoms with van der Waals surface area (Å²) in [6, 6.07) is 8.92. The smallest absolute Gasteiger partial charge is 0.307 e. The first-order chi connectivity index (χ1) is 12.5. The Bertz CT molecular complexity index is 754. The van der Waals surface area contributed by atoms with Crippen molar-refractivity contribution in [1.29, 1.82) is 0 Å². The topological polar surface area (TPSA) is 59.5 Å². The van der Waals surface area contributed by atoms with E-state index < -0.39 is 17.6 Å². The number of amides is 1. The molecule has 138 valence electrons. The number of esters is 1. The molecule has 0 spiro atoms. The van der Waals surface area contributed by atoms with E-state index in [1.807, 2.05) is 12.1 Å². The van der Waals surface area contributed by atoms with Gasteiger partial charge >= 0.3 is 5.97 Å². The van der Waals surface area contributed by atoms with Gasteiger partial charge in [0.15, 0.2) is 11.6 Å². The Hall–Kier alpha value is -2.83. The third kappa shape index (κ3) is 5.91. The predicted molar refractivity (Wildman–Crippen MR) is 91.0 cm³/mol. The first-order valence-electron chi connectivity index (χ1n) is 8.18. The van der Waals surface area contributed by atoms with Crippen molar-refractivity contribution in [2.45, 2.75) is 25.8 Å². The largest absolute Gasteiger partial charge is 0.469 e. The number of methoxy groups -OCH3 is 1. The summed E-state index contributed by atoms with van der Waals surface area (Å²) in [5.74, 6) is -2.57. The molecule has 0 fully saturated rings. The second kappa shape index (κ2) is 9.60. The summed E-state index contributed by atoms with van der Waals surface area (Å²) in [4.78, 5) is 29.5. The fourth-order valence-electron chi connectivity index (χ4n) is 2.42. The molecule has 2 aromatic rings. The number of hydrogen-bond donors (Lipinski definition) is 0. The monoisotopic (exact) mass is 362 g/mol. The van der Waals surface area contributed by atoms with E-state index in [9.17, 15) is 18.4 Å². The summed E-state index contributed by atoms with van der Waals surface area (Å²) in [5, 5.41) is 0. The van der Waals surface area contributed by atoms with Crippen LogP contribution in [0.5, 0.6) is 0 Å². The van der Waals surface area contributed by atoms with Crippen molar-refractivity contribution in [2.75, 3.05) is 13.7 Å². The number of nitrogens with zero attached hydrogens (tertiary/aromatic N) is 2. The van der Waals surface area contributed by atoms with E-state index >= 15 is 0 Å². The zero-order chi connectivity index (χ0) is 18.9. The normalized spacial score (nSPS) is 10.4. The molecule has 7 heteroatoms. The molecule has 0 N–H and O–H groups in total. The van der Waals surface area contributed by atoms with E-state index in [2.05, 4.69) is 9.72 Å². The summed E-state index contributed by atoms with van der Waals surface area (Å²) >= 11 is 0. The van der Waals surface area contributed by atoms with Gasteiger partial charge in [-0.25, -0.2) is 8.78 Å². The lowest BCUT2D eigenvalue weighted by molar-refractivity contribution is -0.142. The van der Waals surface area contributed by atoms with Gasteiger partial charge in [0.05, 0.1) is 13.5 Å². The van der Waals surface area contributed by atoms with Crippen LogP contribution in [0.4, 0.5) is 8.78 Å². The zero-order valence-electron chi connectivity index (χ0n) is 14.5. The number of ether oxygens (including phenoxy) is 1. The lowest BCUT2D eigenvalue weighted by Crippen LogP contribution is -2.33. The fraction of sp³-hybridized carbons (Fsp3) is 0.316. The molecule has 1 aromatic carbocycles. The van der Waals surface area contributed by atoms with Gasteiger partial charge < -0.3 is 9.64 Å². The standard InChI is InChI=1S/C19H20F2N2O3/c1-26-19(25)9-11-23(13-14-5-7-16(20)17(21)12-14)18(24)8-6-15-4-2-3-10-22-15/h2-5,7,10,12H,6,8-9,11,13H2,1H3. The first kappa shape index (κ1) is 19.5. The molecule has 0 bridgehead atoms. The van der Waals surface area contributed by atoms with Crippen molar-refractivity contribution in [2.24, 2.45) is 0 Å². The quantitative estimate of drug-likeness (QED) is 0.678. The molecule has 0 saturated heterocycles. The van der Waals surface area contributed by atoms with E-state index in [0.717, 1.165) is 17.8 Å². The van der Waals surface area contributed by atoms with Crippen molar-refractivity contribution in [3.63, 3.8) is 0 Å². The minimum atomic E-state index is -0.976. The minimum Gasteiger partial charge on any atom is -0.469 e. The van der Waals surface area contributed by atoms with Crippen LogP contribution in [0.1, 0.15) is 24.1 Å². The van der Waals surface area contributed by atoms with Crippen LogP contribution in [0.3, 0.4) is 0 Å². The van der Waals surface area contributed by atoms with Gasteiger partial charge in [-0.15, -0.1) is 0 Å². The molecule has 0 aliphatic heterocycles. The molecule has 26 heavy (non-hydrogen) atoms. The van der Waals surface area contributed by atoms with Crippen molar-refractivity contribution >= 4 is 11.9 Å². The number of rotatable bonds is 8.